The summed E-state index contributed by atoms with van der Waals surface area (Å²) in [6.07, 6.45) is 1.73. The van der Waals surface area contributed by atoms with Gasteiger partial charge in [-0.3, -0.25) is 4.31 Å². The summed E-state index contributed by atoms with van der Waals surface area (Å²) in [5.41, 5.74) is 8.17. The molecule has 0 aliphatic carbocycles. The van der Waals surface area contributed by atoms with Crippen LogP contribution in [0.5, 0.6) is 0 Å². The van der Waals surface area contributed by atoms with Crippen molar-refractivity contribution in [3.8, 4) is 0 Å². The van der Waals surface area contributed by atoms with E-state index in [2.05, 4.69) is 0 Å². The van der Waals surface area contributed by atoms with Gasteiger partial charge in [-0.25, -0.2) is 8.42 Å². The molecule has 0 fully saturated rings. The van der Waals surface area contributed by atoms with Crippen molar-refractivity contribution in [2.45, 2.75) is 24.0 Å². The van der Waals surface area contributed by atoms with Gasteiger partial charge in [-0.15, -0.1) is 11.3 Å². The molecule has 106 valence electrons. The number of aryl methyl sites for hydroxylation is 2. The molecular weight excluding hydrogens is 292 g/mol. The number of thiophene rings is 1. The number of hydrogen-bond acceptors (Lipinski definition) is 4. The zero-order chi connectivity index (χ0) is 14.3. The zero-order valence-corrected chi connectivity index (χ0v) is 12.8. The predicted molar refractivity (Wildman–Crippen MR) is 82.8 cm³/mol. The molecule has 0 saturated carbocycles. The van der Waals surface area contributed by atoms with Crippen molar-refractivity contribution in [2.75, 3.05) is 16.6 Å². The maximum absolute atomic E-state index is 12.8. The van der Waals surface area contributed by atoms with Crippen molar-refractivity contribution < 1.29 is 8.42 Å². The number of anilines is 2. The molecular formula is C14H16N2O2S2. The lowest BCUT2D eigenvalue weighted by Crippen LogP contribution is -2.35. The first-order chi connectivity index (χ1) is 9.48. The molecule has 0 radical (unpaired) electrons. The minimum Gasteiger partial charge on any atom is -0.399 e. The molecule has 20 heavy (non-hydrogen) atoms. The molecule has 1 aromatic heterocycles. The second kappa shape index (κ2) is 4.79. The van der Waals surface area contributed by atoms with E-state index in [0.717, 1.165) is 29.0 Å². The van der Waals surface area contributed by atoms with Gasteiger partial charge >= 0.3 is 0 Å². The van der Waals surface area contributed by atoms with Crippen LogP contribution in [0, 0.1) is 6.92 Å². The van der Waals surface area contributed by atoms with Crippen LogP contribution in [-0.4, -0.2) is 15.0 Å². The Balaban J connectivity index is 2.10. The van der Waals surface area contributed by atoms with Gasteiger partial charge in [-0.05, 0) is 49.6 Å². The Bertz CT molecular complexity index is 750. The molecule has 2 heterocycles. The third-order valence-electron chi connectivity index (χ3n) is 3.45. The van der Waals surface area contributed by atoms with Crippen molar-refractivity contribution in [1.82, 2.24) is 0 Å². The Morgan fingerprint density at radius 3 is 2.75 bits per heavy atom. The molecule has 0 spiro atoms. The van der Waals surface area contributed by atoms with Gasteiger partial charge < -0.3 is 5.73 Å². The number of nitrogen functional groups attached to an aromatic ring is 1. The molecule has 0 atom stereocenters. The fourth-order valence-electron chi connectivity index (χ4n) is 2.47. The third kappa shape index (κ3) is 2.19. The highest BCUT2D eigenvalue weighted by Gasteiger charge is 2.30. The van der Waals surface area contributed by atoms with Crippen LogP contribution in [0.1, 0.15) is 16.9 Å². The smallest absolute Gasteiger partial charge is 0.273 e. The van der Waals surface area contributed by atoms with Gasteiger partial charge in [0.2, 0.25) is 0 Å². The van der Waals surface area contributed by atoms with Gasteiger partial charge in [0.25, 0.3) is 10.0 Å². The summed E-state index contributed by atoms with van der Waals surface area (Å²) in [4.78, 5) is 0.994. The average Bonchev–Trinajstić information content (AvgIpc) is 2.85. The van der Waals surface area contributed by atoms with Gasteiger partial charge in [0.15, 0.2) is 0 Å². The third-order valence-corrected chi connectivity index (χ3v) is 6.73. The molecule has 0 unspecified atom stereocenters. The lowest BCUT2D eigenvalue weighted by atomic mass is 10.0. The van der Waals surface area contributed by atoms with Crippen LogP contribution in [0.25, 0.3) is 0 Å². The molecule has 0 saturated heterocycles. The lowest BCUT2D eigenvalue weighted by Gasteiger charge is -2.30. The van der Waals surface area contributed by atoms with E-state index >= 15 is 0 Å². The number of hydrogen-bond donors (Lipinski definition) is 1. The Kier molecular flexibility index (Phi) is 3.22. The van der Waals surface area contributed by atoms with Crippen molar-refractivity contribution in [3.63, 3.8) is 0 Å². The Morgan fingerprint density at radius 2 is 2.05 bits per heavy atom. The molecule has 4 nitrogen and oxygen atoms in total. The Morgan fingerprint density at radius 1 is 1.25 bits per heavy atom. The number of fused-ring (bicyclic) bond motifs is 1. The van der Waals surface area contributed by atoms with Gasteiger partial charge in [-0.1, -0.05) is 6.07 Å². The first kappa shape index (κ1) is 13.5. The Hall–Kier alpha value is -1.53. The normalized spacial score (nSPS) is 15.2. The highest BCUT2D eigenvalue weighted by atomic mass is 32.2. The minimum absolute atomic E-state index is 0.394. The van der Waals surface area contributed by atoms with E-state index in [9.17, 15) is 8.42 Å². The maximum Gasteiger partial charge on any atom is 0.273 e. The predicted octanol–water partition coefficient (Wildman–Crippen LogP) is 2.78. The fourth-order valence-corrected chi connectivity index (χ4v) is 5.40. The van der Waals surface area contributed by atoms with E-state index in [1.54, 1.807) is 12.1 Å². The minimum atomic E-state index is -3.48. The average molecular weight is 308 g/mol. The molecule has 2 aromatic rings. The summed E-state index contributed by atoms with van der Waals surface area (Å²) in [6, 6.07) is 9.01. The zero-order valence-electron chi connectivity index (χ0n) is 11.2. The van der Waals surface area contributed by atoms with E-state index < -0.39 is 10.0 Å². The van der Waals surface area contributed by atoms with Gasteiger partial charge in [-0.2, -0.15) is 0 Å². The van der Waals surface area contributed by atoms with E-state index in [1.807, 2.05) is 25.1 Å². The summed E-state index contributed by atoms with van der Waals surface area (Å²) in [6.45, 7) is 2.42. The summed E-state index contributed by atoms with van der Waals surface area (Å²) in [5, 5.41) is 0. The van der Waals surface area contributed by atoms with Crippen molar-refractivity contribution >= 4 is 32.7 Å². The SMILES string of the molecule is Cc1ccc(S(=O)(=O)N2CCCc3ccc(N)cc32)s1. The van der Waals surface area contributed by atoms with E-state index in [0.29, 0.717) is 16.4 Å². The molecule has 1 aromatic carbocycles. The second-order valence-corrected chi connectivity index (χ2v) is 8.31. The molecule has 0 bridgehead atoms. The van der Waals surface area contributed by atoms with Crippen LogP contribution < -0.4 is 10.0 Å². The number of sulfonamides is 1. The Labute approximate surface area is 122 Å². The summed E-state index contributed by atoms with van der Waals surface area (Å²) in [5.74, 6) is 0. The molecule has 1 aliphatic rings. The summed E-state index contributed by atoms with van der Waals surface area (Å²) in [7, 11) is -3.48. The second-order valence-electron chi connectivity index (χ2n) is 4.93. The first-order valence-corrected chi connectivity index (χ1v) is 8.72. The van der Waals surface area contributed by atoms with Crippen molar-refractivity contribution in [1.29, 1.82) is 0 Å². The summed E-state index contributed by atoms with van der Waals surface area (Å²) >= 11 is 1.31. The number of nitrogens with zero attached hydrogens (tertiary/aromatic N) is 1. The standard InChI is InChI=1S/C14H16N2O2S2/c1-10-4-7-14(19-10)20(17,18)16-8-2-3-11-5-6-12(15)9-13(11)16/h4-7,9H,2-3,8,15H2,1H3. The summed E-state index contributed by atoms with van der Waals surface area (Å²) < 4.78 is 27.4. The molecule has 6 heteroatoms. The van der Waals surface area contributed by atoms with Crippen LogP contribution in [0.4, 0.5) is 11.4 Å². The van der Waals surface area contributed by atoms with Crippen LogP contribution in [0.15, 0.2) is 34.5 Å². The van der Waals surface area contributed by atoms with Crippen LogP contribution >= 0.6 is 11.3 Å². The monoisotopic (exact) mass is 308 g/mol. The number of benzene rings is 1. The van der Waals surface area contributed by atoms with Crippen LogP contribution in [0.2, 0.25) is 0 Å². The van der Waals surface area contributed by atoms with Crippen molar-refractivity contribution in [3.05, 3.63) is 40.8 Å². The quantitative estimate of drug-likeness (QED) is 0.868. The highest BCUT2D eigenvalue weighted by Crippen LogP contribution is 2.35. The van der Waals surface area contributed by atoms with Gasteiger partial charge in [0, 0.05) is 17.1 Å². The highest BCUT2D eigenvalue weighted by molar-refractivity contribution is 7.94. The lowest BCUT2D eigenvalue weighted by molar-refractivity contribution is 0.588. The van der Waals surface area contributed by atoms with Gasteiger partial charge in [0.05, 0.1) is 5.69 Å². The molecule has 2 N–H and O–H groups in total. The molecule has 0 amide bonds. The van der Waals surface area contributed by atoms with Crippen LogP contribution in [-0.2, 0) is 16.4 Å². The van der Waals surface area contributed by atoms with Crippen LogP contribution in [0.3, 0.4) is 0 Å². The molecule has 3 rings (SSSR count). The number of nitrogens with two attached hydrogens (primary N) is 1. The maximum atomic E-state index is 12.8. The van der Waals surface area contributed by atoms with E-state index in [4.69, 9.17) is 5.73 Å². The molecule has 1 aliphatic heterocycles. The van der Waals surface area contributed by atoms with Crippen molar-refractivity contribution in [2.24, 2.45) is 0 Å². The van der Waals surface area contributed by atoms with Gasteiger partial charge in [0.1, 0.15) is 4.21 Å². The van der Waals surface area contributed by atoms with E-state index in [1.165, 1.54) is 15.6 Å². The first-order valence-electron chi connectivity index (χ1n) is 6.46. The topological polar surface area (TPSA) is 63.4 Å². The largest absolute Gasteiger partial charge is 0.399 e. The fraction of sp³-hybridized carbons (Fsp3) is 0.286. The van der Waals surface area contributed by atoms with E-state index in [-0.39, 0.29) is 0 Å². The number of rotatable bonds is 2.